The summed E-state index contributed by atoms with van der Waals surface area (Å²) in [6.07, 6.45) is 6.25. The van der Waals surface area contributed by atoms with Gasteiger partial charge in [-0.15, -0.1) is 5.10 Å². The Balaban J connectivity index is 1.38. The number of pyridine rings is 1. The number of fused-ring (bicyclic) bond motifs is 4. The van der Waals surface area contributed by atoms with Crippen molar-refractivity contribution in [3.63, 3.8) is 0 Å². The minimum atomic E-state index is -1.39. The van der Waals surface area contributed by atoms with Crippen LogP contribution in [0.15, 0.2) is 61.1 Å². The molecule has 9 nitrogen and oxygen atoms in total. The van der Waals surface area contributed by atoms with Gasteiger partial charge in [0.1, 0.15) is 6.17 Å². The Bertz CT molecular complexity index is 1720. The number of carbonyl (C=O) groups is 2. The van der Waals surface area contributed by atoms with E-state index in [1.165, 1.54) is 0 Å². The van der Waals surface area contributed by atoms with E-state index in [4.69, 9.17) is 23.2 Å². The van der Waals surface area contributed by atoms with Crippen molar-refractivity contribution in [1.29, 1.82) is 0 Å². The molecule has 1 N–H and O–H groups in total. The lowest BCUT2D eigenvalue weighted by Gasteiger charge is -2.35. The van der Waals surface area contributed by atoms with E-state index in [1.54, 1.807) is 59.2 Å². The maximum absolute atomic E-state index is 15.4. The van der Waals surface area contributed by atoms with E-state index < -0.39 is 18.1 Å². The third kappa shape index (κ3) is 5.32. The molecule has 0 saturated heterocycles. The van der Waals surface area contributed by atoms with Crippen molar-refractivity contribution in [2.75, 3.05) is 11.9 Å². The van der Waals surface area contributed by atoms with Crippen LogP contribution in [0.1, 0.15) is 43.5 Å². The standard InChI is InChI=1S/C30H28Cl2FN7O2/c1-17-22(33)4-6-26(24-13-19(7-10-34-24)29-23(35-30(17)42)9-11-38(29)2)39-12-8-18(14-28(39)41)21-15-20(31)3-5-25(21)40-16-27(32)36-37-40/h3,5,7,9-11,13-17,22,26H,4,6,8,12H2,1-2H3,(H,35,42)/t17-,22?,26+/m1/s1. The average Bonchev–Trinajstić information content (AvgIpc) is 3.57. The molecule has 1 unspecified atom stereocenters. The molecule has 1 aromatic carbocycles. The van der Waals surface area contributed by atoms with Crippen molar-refractivity contribution in [2.24, 2.45) is 13.0 Å². The maximum atomic E-state index is 15.4. The number of hydrogen-bond acceptors (Lipinski definition) is 5. The molecule has 4 aromatic rings. The highest BCUT2D eigenvalue weighted by molar-refractivity contribution is 6.31. The number of carbonyl (C=O) groups excluding carboxylic acids is 2. The second-order valence-corrected chi connectivity index (χ2v) is 11.5. The van der Waals surface area contributed by atoms with E-state index in [-0.39, 0.29) is 23.4 Å². The lowest BCUT2D eigenvalue weighted by molar-refractivity contribution is -0.129. The van der Waals surface area contributed by atoms with Crippen LogP contribution in [0.4, 0.5) is 10.1 Å². The Morgan fingerprint density at radius 1 is 1.10 bits per heavy atom. The number of rotatable bonds is 3. The van der Waals surface area contributed by atoms with Gasteiger partial charge < -0.3 is 14.8 Å². The number of benzene rings is 1. The van der Waals surface area contributed by atoms with Crippen molar-refractivity contribution in [3.05, 3.63) is 82.5 Å². The van der Waals surface area contributed by atoms with E-state index in [9.17, 15) is 9.59 Å². The largest absolute Gasteiger partial charge is 0.349 e. The van der Waals surface area contributed by atoms with E-state index in [0.717, 1.165) is 22.4 Å². The first-order valence-electron chi connectivity index (χ1n) is 13.7. The van der Waals surface area contributed by atoms with Gasteiger partial charge >= 0.3 is 0 Å². The molecule has 5 heterocycles. The second kappa shape index (κ2) is 11.3. The maximum Gasteiger partial charge on any atom is 0.247 e. The minimum absolute atomic E-state index is 0.0959. The van der Waals surface area contributed by atoms with Crippen molar-refractivity contribution < 1.29 is 14.0 Å². The summed E-state index contributed by atoms with van der Waals surface area (Å²) in [7, 11) is 1.88. The predicted octanol–water partition coefficient (Wildman–Crippen LogP) is 6.04. The van der Waals surface area contributed by atoms with Crippen molar-refractivity contribution in [2.45, 2.75) is 38.4 Å². The molecule has 0 spiro atoms. The summed E-state index contributed by atoms with van der Waals surface area (Å²) in [5, 5.41) is 11.6. The van der Waals surface area contributed by atoms with Crippen molar-refractivity contribution >= 4 is 46.3 Å². The molecule has 2 aliphatic heterocycles. The normalized spacial score (nSPS) is 21.2. The van der Waals surface area contributed by atoms with Gasteiger partial charge in [-0.3, -0.25) is 14.6 Å². The molecule has 0 aliphatic carbocycles. The molecule has 3 atom stereocenters. The van der Waals surface area contributed by atoms with E-state index >= 15 is 4.39 Å². The van der Waals surface area contributed by atoms with Gasteiger partial charge in [-0.2, -0.15) is 0 Å². The molecular weight excluding hydrogens is 580 g/mol. The van der Waals surface area contributed by atoms with Crippen LogP contribution >= 0.6 is 23.2 Å². The molecule has 0 saturated carbocycles. The van der Waals surface area contributed by atoms with Gasteiger partial charge in [0.2, 0.25) is 11.8 Å². The van der Waals surface area contributed by atoms with Crippen molar-refractivity contribution in [3.8, 4) is 16.9 Å². The monoisotopic (exact) mass is 607 g/mol. The molecule has 3 aromatic heterocycles. The van der Waals surface area contributed by atoms with Crippen LogP contribution in [0.3, 0.4) is 0 Å². The number of aromatic nitrogens is 5. The van der Waals surface area contributed by atoms with Crippen LogP contribution < -0.4 is 5.32 Å². The topological polar surface area (TPSA) is 97.9 Å². The molecule has 0 radical (unpaired) electrons. The van der Waals surface area contributed by atoms with Gasteiger partial charge in [0, 0.05) is 48.2 Å². The summed E-state index contributed by atoms with van der Waals surface area (Å²) in [6.45, 7) is 1.97. The summed E-state index contributed by atoms with van der Waals surface area (Å²) in [5.74, 6) is -1.46. The molecule has 2 amide bonds. The number of anilines is 1. The fourth-order valence-electron chi connectivity index (χ4n) is 5.71. The number of alkyl halides is 1. The number of aryl methyl sites for hydroxylation is 1. The van der Waals surface area contributed by atoms with Crippen LogP contribution in [0.2, 0.25) is 10.2 Å². The number of hydrogen-bond donors (Lipinski definition) is 1. The number of amides is 2. The quantitative estimate of drug-likeness (QED) is 0.306. The molecule has 2 aliphatic rings. The summed E-state index contributed by atoms with van der Waals surface area (Å²) in [5.41, 5.74) is 5.11. The SMILES string of the molecule is C[C@H]1C(=O)Nc2ccn(C)c2-c2ccnc(c2)[C@@H](N2CCC(c3cc(Cl)ccc3-n3cc(Cl)nn3)=CC2=O)CCC1F. The Hall–Kier alpha value is -4.02. The Morgan fingerprint density at radius 3 is 2.69 bits per heavy atom. The molecule has 42 heavy (non-hydrogen) atoms. The third-order valence-corrected chi connectivity index (χ3v) is 8.40. The number of nitrogens with one attached hydrogen (secondary N) is 1. The van der Waals surface area contributed by atoms with Crippen LogP contribution in [0.5, 0.6) is 0 Å². The predicted molar refractivity (Wildman–Crippen MR) is 159 cm³/mol. The first-order chi connectivity index (χ1) is 20.2. The first-order valence-corrected chi connectivity index (χ1v) is 14.4. The molecule has 12 heteroatoms. The fraction of sp³-hybridized carbons (Fsp3) is 0.300. The van der Waals surface area contributed by atoms with Crippen LogP contribution in [0, 0.1) is 5.92 Å². The number of halogens is 3. The summed E-state index contributed by atoms with van der Waals surface area (Å²) >= 11 is 12.4. The zero-order chi connectivity index (χ0) is 29.5. The fourth-order valence-corrected chi connectivity index (χ4v) is 6.01. The zero-order valence-electron chi connectivity index (χ0n) is 23.0. The molecule has 216 valence electrons. The van der Waals surface area contributed by atoms with Crippen LogP contribution in [-0.2, 0) is 16.6 Å². The van der Waals surface area contributed by atoms with E-state index in [0.29, 0.717) is 41.5 Å². The average molecular weight is 609 g/mol. The highest BCUT2D eigenvalue weighted by Crippen LogP contribution is 2.37. The van der Waals surface area contributed by atoms with Crippen LogP contribution in [-0.4, -0.2) is 54.0 Å². The molecular formula is C30H28Cl2FN7O2. The Kier molecular flexibility index (Phi) is 7.59. The zero-order valence-corrected chi connectivity index (χ0v) is 24.5. The van der Waals surface area contributed by atoms with Crippen LogP contribution in [0.25, 0.3) is 22.5 Å². The van der Waals surface area contributed by atoms with Gasteiger partial charge in [0.15, 0.2) is 5.15 Å². The molecule has 6 rings (SSSR count). The Labute approximate surface area is 251 Å². The lowest BCUT2D eigenvalue weighted by Crippen LogP contribution is -2.38. The van der Waals surface area contributed by atoms with Gasteiger partial charge in [-0.1, -0.05) is 35.3 Å². The summed E-state index contributed by atoms with van der Waals surface area (Å²) < 4.78 is 18.8. The van der Waals surface area contributed by atoms with E-state index in [2.05, 4.69) is 20.6 Å². The highest BCUT2D eigenvalue weighted by atomic mass is 35.5. The smallest absolute Gasteiger partial charge is 0.247 e. The molecule has 0 fully saturated rings. The van der Waals surface area contributed by atoms with Gasteiger partial charge in [-0.25, -0.2) is 9.07 Å². The minimum Gasteiger partial charge on any atom is -0.349 e. The van der Waals surface area contributed by atoms with Crippen molar-refractivity contribution in [1.82, 2.24) is 29.4 Å². The van der Waals surface area contributed by atoms with E-state index in [1.807, 2.05) is 29.9 Å². The third-order valence-electron chi connectivity index (χ3n) is 7.99. The second-order valence-electron chi connectivity index (χ2n) is 10.6. The summed E-state index contributed by atoms with van der Waals surface area (Å²) in [6, 6.07) is 10.4. The highest BCUT2D eigenvalue weighted by Gasteiger charge is 2.33. The first kappa shape index (κ1) is 28.1. The van der Waals surface area contributed by atoms with Gasteiger partial charge in [0.05, 0.1) is 40.9 Å². The molecule has 2 bridgehead atoms. The van der Waals surface area contributed by atoms with Gasteiger partial charge in [-0.05, 0) is 61.2 Å². The lowest BCUT2D eigenvalue weighted by atomic mass is 9.92. The number of nitrogens with zero attached hydrogens (tertiary/aromatic N) is 6. The Morgan fingerprint density at radius 2 is 1.93 bits per heavy atom. The van der Waals surface area contributed by atoms with Gasteiger partial charge in [0.25, 0.3) is 0 Å². The summed E-state index contributed by atoms with van der Waals surface area (Å²) in [4.78, 5) is 33.1.